The summed E-state index contributed by atoms with van der Waals surface area (Å²) >= 11 is 4.22. The molecule has 8 N–H and O–H groups in total. The summed E-state index contributed by atoms with van der Waals surface area (Å²) < 4.78 is 53.6. The highest BCUT2D eigenvalue weighted by molar-refractivity contribution is 8.44. The number of nitrogens with two attached hydrogens (primary N) is 2. The third kappa shape index (κ3) is 4.43. The second-order valence-electron chi connectivity index (χ2n) is 13.3. The first-order chi connectivity index (χ1) is 22.5. The van der Waals surface area contributed by atoms with Gasteiger partial charge in [-0.1, -0.05) is 19.2 Å². The van der Waals surface area contributed by atoms with Crippen LogP contribution in [-0.4, -0.2) is 91.3 Å². The number of phosphoric ester groups is 1. The zero-order chi connectivity index (χ0) is 34.2. The van der Waals surface area contributed by atoms with Crippen LogP contribution in [0.3, 0.4) is 0 Å². The van der Waals surface area contributed by atoms with Gasteiger partial charge in [0.25, 0.3) is 5.56 Å². The van der Waals surface area contributed by atoms with Crippen LogP contribution in [0.15, 0.2) is 23.8 Å². The molecule has 4 aliphatic rings. The largest absolute Gasteiger partial charge is 0.472 e. The second-order valence-corrected chi connectivity index (χ2v) is 17.5. The molecule has 0 amide bonds. The molecule has 0 radical (unpaired) electrons. The minimum Gasteiger partial charge on any atom is -0.388 e. The Labute approximate surface area is 275 Å². The number of imidazole rings is 2. The third-order valence-electron chi connectivity index (χ3n) is 10.7. The molecule has 1 aliphatic heterocycles. The number of hydrogen-bond donors (Lipinski definition) is 7. The second kappa shape index (κ2) is 10.3. The molecule has 4 aromatic heterocycles. The van der Waals surface area contributed by atoms with E-state index in [1.54, 1.807) is 18.4 Å². The molecule has 20 nitrogen and oxygen atoms in total. The smallest absolute Gasteiger partial charge is 0.388 e. The van der Waals surface area contributed by atoms with Crippen molar-refractivity contribution in [3.63, 3.8) is 0 Å². The topological polar surface area (TPSA) is 291 Å². The predicted octanol–water partition coefficient (Wildman–Crippen LogP) is 0.487. The van der Waals surface area contributed by atoms with E-state index in [0.717, 1.165) is 0 Å². The van der Waals surface area contributed by atoms with Crippen molar-refractivity contribution in [1.29, 1.82) is 0 Å². The number of aromatic nitrogens is 8. The molecule has 4 aromatic rings. The number of nitrogen functional groups attached to an aromatic ring is 2. The van der Waals surface area contributed by atoms with Gasteiger partial charge in [-0.05, 0) is 19.8 Å². The zero-order valence-corrected chi connectivity index (χ0v) is 28.0. The summed E-state index contributed by atoms with van der Waals surface area (Å²) in [6, 6.07) is -0.813. The number of phosphoric acid groups is 1. The molecule has 3 saturated carbocycles. The molecule has 8 rings (SSSR count). The number of rotatable bonds is 2. The van der Waals surface area contributed by atoms with Crippen LogP contribution in [0.2, 0.25) is 0 Å². The van der Waals surface area contributed by atoms with Gasteiger partial charge >= 0.3 is 14.6 Å². The summed E-state index contributed by atoms with van der Waals surface area (Å²) in [6.45, 7) is -1.75. The van der Waals surface area contributed by atoms with E-state index in [1.165, 1.54) is 23.5 Å². The molecular weight excluding hydrogens is 694 g/mol. The SMILES string of the molecule is C[C@@]12CO[P@](=O)(S)O[C@@H]3[C@@H](COP(=O)(O)O[C@]14[C@@H](O)[C@H](n1cnc5c(=O)[nH]c(N)nc51)C[C@@H]42)C[C@@](C)(n1cnc2c(N)ncnc21)[C@@H]3O. The molecule has 0 aromatic carbocycles. The Morgan fingerprint density at radius 3 is 2.58 bits per heavy atom. The summed E-state index contributed by atoms with van der Waals surface area (Å²) in [4.78, 5) is 46.6. The molecule has 5 heterocycles. The van der Waals surface area contributed by atoms with Gasteiger partial charge in [-0.25, -0.2) is 29.1 Å². The fraction of sp³-hybridized carbons (Fsp3) is 0.600. The Balaban J connectivity index is 1.12. The fourth-order valence-corrected chi connectivity index (χ4v) is 11.1. The van der Waals surface area contributed by atoms with Crippen LogP contribution in [0.1, 0.15) is 32.7 Å². The van der Waals surface area contributed by atoms with Crippen LogP contribution in [0.5, 0.6) is 0 Å². The van der Waals surface area contributed by atoms with Gasteiger partial charge in [-0.2, -0.15) is 4.98 Å². The first-order valence-corrected chi connectivity index (χ1v) is 19.1. The number of H-pyrrole nitrogens is 1. The number of hydrogen-bond acceptors (Lipinski definition) is 16. The molecule has 1 unspecified atom stereocenters. The maximum atomic E-state index is 13.7. The van der Waals surface area contributed by atoms with Crippen molar-refractivity contribution in [3.05, 3.63) is 29.3 Å². The van der Waals surface area contributed by atoms with Gasteiger partial charge in [0.15, 0.2) is 22.6 Å². The fourth-order valence-electron chi connectivity index (χ4n) is 8.24. The van der Waals surface area contributed by atoms with Crippen LogP contribution in [0.25, 0.3) is 22.3 Å². The van der Waals surface area contributed by atoms with E-state index < -0.39 is 79.5 Å². The Kier molecular flexibility index (Phi) is 6.91. The zero-order valence-electron chi connectivity index (χ0n) is 25.4. The molecule has 0 bridgehead atoms. The number of aliphatic hydroxyl groups excluding tert-OH is 2. The number of thiol groups is 1. The Morgan fingerprint density at radius 2 is 1.81 bits per heavy atom. The van der Waals surface area contributed by atoms with Crippen molar-refractivity contribution in [2.45, 2.75) is 62.2 Å². The number of nitrogens with one attached hydrogen (secondary N) is 1. The van der Waals surface area contributed by atoms with E-state index in [0.29, 0.717) is 11.2 Å². The van der Waals surface area contributed by atoms with Crippen molar-refractivity contribution in [2.24, 2.45) is 17.3 Å². The number of nitrogens with zero attached hydrogens (tertiary/aromatic N) is 7. The van der Waals surface area contributed by atoms with Gasteiger partial charge in [0.1, 0.15) is 35.8 Å². The predicted molar refractivity (Wildman–Crippen MR) is 168 cm³/mol. The molecule has 4 fully saturated rings. The lowest BCUT2D eigenvalue weighted by molar-refractivity contribution is -0.0582. The average molecular weight is 727 g/mol. The van der Waals surface area contributed by atoms with Crippen molar-refractivity contribution in [1.82, 2.24) is 39.0 Å². The number of aliphatic hydroxyl groups is 2. The Bertz CT molecular complexity index is 2150. The first kappa shape index (κ1) is 32.2. The van der Waals surface area contributed by atoms with Gasteiger partial charge in [0.05, 0.1) is 37.4 Å². The van der Waals surface area contributed by atoms with Crippen LogP contribution in [0.4, 0.5) is 11.8 Å². The van der Waals surface area contributed by atoms with Crippen molar-refractivity contribution in [2.75, 3.05) is 24.7 Å². The van der Waals surface area contributed by atoms with Gasteiger partial charge in [-0.15, -0.1) is 0 Å². The Hall–Kier alpha value is -2.97. The normalized spacial score (nSPS) is 43.0. The third-order valence-corrected chi connectivity index (χ3v) is 13.3. The highest BCUT2D eigenvalue weighted by atomic mass is 32.7. The molecule has 1 spiro atoms. The molecule has 1 saturated heterocycles. The number of anilines is 2. The van der Waals surface area contributed by atoms with Crippen molar-refractivity contribution < 1.29 is 42.3 Å². The standard InChI is InChI=1S/C25H32N10O10P2S/c1-23-6-43-47(41,48)44-15-10(4-24(2,17(15)37)35-9-31-13-18(26)28-7-29-19(13)35)5-42-46(39,40)45-25(23)12(23)3-11(16(25)36)34-8-30-14-20(34)32-22(27)33-21(14)38/h7-12,15-17,36-37H,3-6H2,1-2H3,(H,39,40)(H,41,48)(H2,26,28,29)(H3,27,32,33,38)/t10-,11-,12-,15-,16+,17-,23+,24-,25-,47+/m1/s1. The van der Waals surface area contributed by atoms with E-state index in [2.05, 4.69) is 42.2 Å². The minimum atomic E-state index is -4.94. The average Bonchev–Trinajstić information content (AvgIpc) is 3.57. The molecule has 23 heteroatoms. The van der Waals surface area contributed by atoms with Gasteiger partial charge < -0.3 is 40.2 Å². The maximum Gasteiger partial charge on any atom is 0.472 e. The summed E-state index contributed by atoms with van der Waals surface area (Å²) in [6.07, 6.45) is 0.131. The maximum absolute atomic E-state index is 13.7. The monoisotopic (exact) mass is 726 g/mol. The quantitative estimate of drug-likeness (QED) is 0.109. The molecule has 11 atom stereocenters. The van der Waals surface area contributed by atoms with Gasteiger partial charge in [-0.3, -0.25) is 23.3 Å². The highest BCUT2D eigenvalue weighted by Gasteiger charge is 2.85. The van der Waals surface area contributed by atoms with Crippen LogP contribution in [0, 0.1) is 17.3 Å². The summed E-state index contributed by atoms with van der Waals surface area (Å²) in [5, 5.41) is 23.5. The van der Waals surface area contributed by atoms with E-state index in [9.17, 15) is 29.0 Å². The van der Waals surface area contributed by atoms with Crippen molar-refractivity contribution >= 4 is 61.0 Å². The minimum absolute atomic E-state index is 0.00980. The van der Waals surface area contributed by atoms with Gasteiger partial charge in [0, 0.05) is 17.3 Å². The highest BCUT2D eigenvalue weighted by Crippen LogP contribution is 2.79. The lowest BCUT2D eigenvalue weighted by Crippen LogP contribution is -2.43. The lowest BCUT2D eigenvalue weighted by Gasteiger charge is -2.34. The first-order valence-electron chi connectivity index (χ1n) is 14.9. The van der Waals surface area contributed by atoms with Crippen LogP contribution >= 0.6 is 26.9 Å². The summed E-state index contributed by atoms with van der Waals surface area (Å²) in [7, 11) is -4.94. The van der Waals surface area contributed by atoms with Crippen LogP contribution < -0.4 is 17.0 Å². The molecule has 3 aliphatic carbocycles. The number of aromatic amines is 1. The number of fused-ring (bicyclic) bond motifs is 4. The van der Waals surface area contributed by atoms with Crippen molar-refractivity contribution in [3.8, 4) is 0 Å². The van der Waals surface area contributed by atoms with E-state index in [1.807, 2.05) is 0 Å². The molecular formula is C25H32N10O10P2S. The van der Waals surface area contributed by atoms with E-state index in [-0.39, 0.29) is 42.4 Å². The summed E-state index contributed by atoms with van der Waals surface area (Å²) in [5.41, 5.74) is 7.75. The molecule has 258 valence electrons. The van der Waals surface area contributed by atoms with E-state index in [4.69, 9.17) is 29.6 Å². The molecule has 48 heavy (non-hydrogen) atoms. The lowest BCUT2D eigenvalue weighted by atomic mass is 9.92. The summed E-state index contributed by atoms with van der Waals surface area (Å²) in [5.74, 6) is -1.50. The van der Waals surface area contributed by atoms with Gasteiger partial charge in [0.2, 0.25) is 5.95 Å². The Morgan fingerprint density at radius 1 is 1.06 bits per heavy atom. The van der Waals surface area contributed by atoms with E-state index >= 15 is 0 Å². The van der Waals surface area contributed by atoms with Crippen LogP contribution in [-0.2, 0) is 32.8 Å².